The van der Waals surface area contributed by atoms with E-state index in [-0.39, 0.29) is 5.91 Å². The van der Waals surface area contributed by atoms with Gasteiger partial charge in [-0.15, -0.1) is 0 Å². The van der Waals surface area contributed by atoms with Crippen molar-refractivity contribution in [2.24, 2.45) is 0 Å². The van der Waals surface area contributed by atoms with Crippen LogP contribution in [0.2, 0.25) is 0 Å². The highest BCUT2D eigenvalue weighted by Crippen LogP contribution is 2.34. The van der Waals surface area contributed by atoms with Crippen LogP contribution < -0.4 is 5.32 Å². The molecule has 1 fully saturated rings. The summed E-state index contributed by atoms with van der Waals surface area (Å²) < 4.78 is 3.75. The van der Waals surface area contributed by atoms with E-state index < -0.39 is 6.04 Å². The Morgan fingerprint density at radius 2 is 2.04 bits per heavy atom. The highest BCUT2D eigenvalue weighted by molar-refractivity contribution is 5.93. The molecule has 0 aliphatic heterocycles. The molecule has 1 amide bonds. The Morgan fingerprint density at radius 3 is 2.80 bits per heavy atom. The van der Waals surface area contributed by atoms with Crippen LogP contribution in [-0.4, -0.2) is 30.2 Å². The highest BCUT2D eigenvalue weighted by Gasteiger charge is 2.24. The van der Waals surface area contributed by atoms with E-state index in [1.54, 1.807) is 17.9 Å². The van der Waals surface area contributed by atoms with Crippen molar-refractivity contribution in [3.05, 3.63) is 36.9 Å². The summed E-state index contributed by atoms with van der Waals surface area (Å²) in [5, 5.41) is 7.06. The molecule has 25 heavy (non-hydrogen) atoms. The summed E-state index contributed by atoms with van der Waals surface area (Å²) >= 11 is 0. The first-order valence-corrected chi connectivity index (χ1v) is 8.86. The molecule has 0 saturated heterocycles. The molecular weight excluding hydrogens is 316 g/mol. The number of fused-ring (bicyclic) bond motifs is 1. The fourth-order valence-corrected chi connectivity index (χ4v) is 3.59. The Balaban J connectivity index is 1.67. The Hall–Kier alpha value is -2.70. The molecule has 1 N–H and O–H groups in total. The van der Waals surface area contributed by atoms with Gasteiger partial charge >= 0.3 is 0 Å². The number of aromatic nitrogens is 5. The van der Waals surface area contributed by atoms with Crippen LogP contribution in [-0.2, 0) is 4.79 Å². The zero-order valence-corrected chi connectivity index (χ0v) is 14.3. The van der Waals surface area contributed by atoms with Gasteiger partial charge in [-0.1, -0.05) is 31.4 Å². The third-order valence-electron chi connectivity index (χ3n) is 4.98. The van der Waals surface area contributed by atoms with E-state index >= 15 is 0 Å². The van der Waals surface area contributed by atoms with Crippen molar-refractivity contribution in [1.29, 1.82) is 0 Å². The first-order valence-electron chi connectivity index (χ1n) is 8.86. The van der Waals surface area contributed by atoms with E-state index in [1.165, 1.54) is 25.6 Å². The van der Waals surface area contributed by atoms with Gasteiger partial charge < -0.3 is 4.57 Å². The molecule has 1 atom stereocenters. The second kappa shape index (κ2) is 6.66. The normalized spacial score (nSPS) is 16.8. The summed E-state index contributed by atoms with van der Waals surface area (Å²) in [7, 11) is 0. The van der Waals surface area contributed by atoms with Gasteiger partial charge in [0.05, 0.1) is 11.0 Å². The number of anilines is 1. The van der Waals surface area contributed by atoms with E-state index in [1.807, 2.05) is 18.2 Å². The predicted octanol–water partition coefficient (Wildman–Crippen LogP) is 3.33. The van der Waals surface area contributed by atoms with E-state index in [0.717, 1.165) is 23.9 Å². The number of benzene rings is 1. The Kier molecular flexibility index (Phi) is 4.21. The molecule has 1 aliphatic rings. The average molecular weight is 338 g/mol. The molecule has 2 heterocycles. The topological polar surface area (TPSA) is 77.6 Å². The average Bonchev–Trinajstić information content (AvgIpc) is 3.29. The van der Waals surface area contributed by atoms with Crippen LogP contribution in [0.3, 0.4) is 0 Å². The van der Waals surface area contributed by atoms with Gasteiger partial charge in [0, 0.05) is 6.04 Å². The van der Waals surface area contributed by atoms with Gasteiger partial charge in [-0.05, 0) is 31.9 Å². The molecular formula is C18H22N6O. The van der Waals surface area contributed by atoms with Gasteiger partial charge in [-0.2, -0.15) is 5.10 Å². The van der Waals surface area contributed by atoms with Crippen molar-refractivity contribution in [3.8, 4) is 0 Å². The van der Waals surface area contributed by atoms with Crippen molar-refractivity contribution in [1.82, 2.24) is 24.3 Å². The number of imidazole rings is 1. The first-order chi connectivity index (χ1) is 12.2. The first kappa shape index (κ1) is 15.8. The molecule has 1 saturated carbocycles. The standard InChI is InChI=1S/C18H22N6O/c1-13(23-12-19-11-20-23)17(25)22-18-21-15-9-5-6-10-16(15)24(18)14-7-3-2-4-8-14/h5-6,9-14H,2-4,7-8H2,1H3,(H,21,22,25). The smallest absolute Gasteiger partial charge is 0.251 e. The molecule has 7 nitrogen and oxygen atoms in total. The number of amides is 1. The quantitative estimate of drug-likeness (QED) is 0.791. The van der Waals surface area contributed by atoms with Gasteiger partial charge in [-0.25, -0.2) is 14.6 Å². The van der Waals surface area contributed by atoms with E-state index in [9.17, 15) is 4.79 Å². The molecule has 4 rings (SSSR count). The van der Waals surface area contributed by atoms with Crippen molar-refractivity contribution in [2.45, 2.75) is 51.1 Å². The second-order valence-corrected chi connectivity index (χ2v) is 6.63. The molecule has 2 aromatic heterocycles. The predicted molar refractivity (Wildman–Crippen MR) is 95.2 cm³/mol. The Morgan fingerprint density at radius 1 is 1.24 bits per heavy atom. The summed E-state index contributed by atoms with van der Waals surface area (Å²) in [5.41, 5.74) is 2.00. The zero-order chi connectivity index (χ0) is 17.2. The van der Waals surface area contributed by atoms with Crippen LogP contribution >= 0.6 is 0 Å². The Bertz CT molecular complexity index is 863. The highest BCUT2D eigenvalue weighted by atomic mass is 16.2. The van der Waals surface area contributed by atoms with Gasteiger partial charge in [0.2, 0.25) is 5.95 Å². The lowest BCUT2D eigenvalue weighted by molar-refractivity contribution is -0.119. The van der Waals surface area contributed by atoms with Gasteiger partial charge in [-0.3, -0.25) is 10.1 Å². The van der Waals surface area contributed by atoms with E-state index in [4.69, 9.17) is 0 Å². The number of rotatable bonds is 4. The van der Waals surface area contributed by atoms with Crippen LogP contribution in [0.15, 0.2) is 36.9 Å². The fourth-order valence-electron chi connectivity index (χ4n) is 3.59. The number of hydrogen-bond acceptors (Lipinski definition) is 4. The molecule has 1 unspecified atom stereocenters. The maximum absolute atomic E-state index is 12.7. The van der Waals surface area contributed by atoms with Gasteiger partial charge in [0.15, 0.2) is 0 Å². The lowest BCUT2D eigenvalue weighted by Crippen LogP contribution is -2.26. The molecule has 1 aliphatic carbocycles. The van der Waals surface area contributed by atoms with Crippen LogP contribution in [0.5, 0.6) is 0 Å². The number of hydrogen-bond donors (Lipinski definition) is 1. The van der Waals surface area contributed by atoms with Gasteiger partial charge in [0.25, 0.3) is 5.91 Å². The van der Waals surface area contributed by atoms with Gasteiger partial charge in [0.1, 0.15) is 18.7 Å². The summed E-state index contributed by atoms with van der Waals surface area (Å²) in [6.45, 7) is 1.80. The zero-order valence-electron chi connectivity index (χ0n) is 14.3. The minimum atomic E-state index is -0.442. The summed E-state index contributed by atoms with van der Waals surface area (Å²) in [4.78, 5) is 21.3. The summed E-state index contributed by atoms with van der Waals surface area (Å²) in [6.07, 6.45) is 8.97. The summed E-state index contributed by atoms with van der Waals surface area (Å²) in [6, 6.07) is 8.01. The molecule has 3 aromatic rings. The fraction of sp³-hybridized carbons (Fsp3) is 0.444. The summed E-state index contributed by atoms with van der Waals surface area (Å²) in [5.74, 6) is 0.489. The number of nitrogens with zero attached hydrogens (tertiary/aromatic N) is 5. The molecule has 7 heteroatoms. The van der Waals surface area contributed by atoms with Crippen LogP contribution in [0.4, 0.5) is 5.95 Å². The lowest BCUT2D eigenvalue weighted by atomic mass is 9.95. The molecule has 1 aromatic carbocycles. The minimum absolute atomic E-state index is 0.141. The van der Waals surface area contributed by atoms with E-state index in [2.05, 4.69) is 31.0 Å². The Labute approximate surface area is 146 Å². The molecule has 130 valence electrons. The lowest BCUT2D eigenvalue weighted by Gasteiger charge is -2.25. The third kappa shape index (κ3) is 3.01. The van der Waals surface area contributed by atoms with Crippen LogP contribution in [0, 0.1) is 0 Å². The minimum Gasteiger partial charge on any atom is -0.307 e. The van der Waals surface area contributed by atoms with Crippen molar-refractivity contribution >= 4 is 22.9 Å². The number of carbonyl (C=O) groups excluding carboxylic acids is 1. The second-order valence-electron chi connectivity index (χ2n) is 6.63. The SMILES string of the molecule is CC(C(=O)Nc1nc2ccccc2n1C1CCCCC1)n1cncn1. The molecule has 0 spiro atoms. The van der Waals surface area contributed by atoms with Crippen molar-refractivity contribution in [3.63, 3.8) is 0 Å². The van der Waals surface area contributed by atoms with Crippen LogP contribution in [0.1, 0.15) is 51.1 Å². The molecule has 0 bridgehead atoms. The monoisotopic (exact) mass is 338 g/mol. The molecule has 0 radical (unpaired) electrons. The maximum Gasteiger partial charge on any atom is 0.251 e. The number of carbonyl (C=O) groups is 1. The van der Waals surface area contributed by atoms with E-state index in [0.29, 0.717) is 12.0 Å². The number of para-hydroxylation sites is 2. The third-order valence-corrected chi connectivity index (χ3v) is 4.98. The van der Waals surface area contributed by atoms with Crippen LogP contribution in [0.25, 0.3) is 11.0 Å². The number of nitrogens with one attached hydrogen (secondary N) is 1. The maximum atomic E-state index is 12.7. The largest absolute Gasteiger partial charge is 0.307 e. The van der Waals surface area contributed by atoms with Crippen molar-refractivity contribution < 1.29 is 4.79 Å². The van der Waals surface area contributed by atoms with Crippen molar-refractivity contribution in [2.75, 3.05) is 5.32 Å².